The molecule has 4 nitrogen and oxygen atoms in total. The van der Waals surface area contributed by atoms with Crippen LogP contribution in [-0.4, -0.2) is 31.1 Å². The minimum absolute atomic E-state index is 0.0134. The maximum atomic E-state index is 12.4. The summed E-state index contributed by atoms with van der Waals surface area (Å²) in [5.74, 6) is 1.44. The number of fused-ring (bicyclic) bond motifs is 1. The van der Waals surface area contributed by atoms with Crippen LogP contribution in [0.15, 0.2) is 57.7 Å². The lowest BCUT2D eigenvalue weighted by molar-refractivity contribution is 0.223. The molecule has 164 valence electrons. The molecule has 2 heterocycles. The molecule has 0 bridgehead atoms. The number of hydrogen-bond acceptors (Lipinski definition) is 4. The number of unbranched alkanes of at least 4 members (excludes halogenated alkanes) is 3. The Morgan fingerprint density at radius 1 is 0.903 bits per heavy atom. The molecule has 4 rings (SSSR count). The summed E-state index contributed by atoms with van der Waals surface area (Å²) in [6, 6.07) is 15.1. The average Bonchev–Trinajstić information content (AvgIpc) is 2.80. The van der Waals surface area contributed by atoms with E-state index in [2.05, 4.69) is 4.90 Å². The minimum Gasteiger partial charge on any atom is -0.494 e. The van der Waals surface area contributed by atoms with Crippen molar-refractivity contribution in [1.82, 2.24) is 4.90 Å². The van der Waals surface area contributed by atoms with E-state index in [0.29, 0.717) is 16.7 Å². The van der Waals surface area contributed by atoms with Crippen LogP contribution in [-0.2, 0) is 0 Å². The Morgan fingerprint density at radius 3 is 2.48 bits per heavy atom. The van der Waals surface area contributed by atoms with E-state index < -0.39 is 0 Å². The van der Waals surface area contributed by atoms with Crippen LogP contribution < -0.4 is 10.2 Å². The first-order valence-corrected chi connectivity index (χ1v) is 11.7. The van der Waals surface area contributed by atoms with Crippen LogP contribution in [0.3, 0.4) is 0 Å². The van der Waals surface area contributed by atoms with Gasteiger partial charge in [-0.2, -0.15) is 0 Å². The summed E-state index contributed by atoms with van der Waals surface area (Å²) in [6.07, 6.45) is 9.03. The smallest absolute Gasteiger partial charge is 0.193 e. The van der Waals surface area contributed by atoms with Gasteiger partial charge in [0.25, 0.3) is 0 Å². The number of benzene rings is 2. The van der Waals surface area contributed by atoms with Crippen molar-refractivity contribution in [2.75, 3.05) is 26.2 Å². The molecular formula is C27H33NO3. The van der Waals surface area contributed by atoms with Gasteiger partial charge < -0.3 is 14.1 Å². The van der Waals surface area contributed by atoms with Crippen LogP contribution in [0.1, 0.15) is 50.5 Å². The number of hydrogen-bond donors (Lipinski definition) is 0. The monoisotopic (exact) mass is 419 g/mol. The van der Waals surface area contributed by atoms with Gasteiger partial charge in [-0.25, -0.2) is 0 Å². The van der Waals surface area contributed by atoms with Crippen molar-refractivity contribution in [1.29, 1.82) is 0 Å². The van der Waals surface area contributed by atoms with Gasteiger partial charge in [0.15, 0.2) is 5.43 Å². The summed E-state index contributed by atoms with van der Waals surface area (Å²) in [7, 11) is 0. The van der Waals surface area contributed by atoms with Crippen LogP contribution >= 0.6 is 0 Å². The third kappa shape index (κ3) is 5.98. The van der Waals surface area contributed by atoms with Crippen LogP contribution in [0, 0.1) is 6.92 Å². The molecule has 2 aromatic carbocycles. The second-order valence-electron chi connectivity index (χ2n) is 8.66. The fourth-order valence-corrected chi connectivity index (χ4v) is 4.29. The van der Waals surface area contributed by atoms with Crippen LogP contribution in [0.5, 0.6) is 5.75 Å². The van der Waals surface area contributed by atoms with Gasteiger partial charge in [-0.15, -0.1) is 0 Å². The SMILES string of the molecule is Cc1ccc2oc(-c3ccc(OCCCCCCN4CCCCC4)cc3)cc(=O)c2c1. The fraction of sp³-hybridized carbons (Fsp3) is 0.444. The molecule has 1 fully saturated rings. The van der Waals surface area contributed by atoms with Gasteiger partial charge in [-0.05, 0) is 88.6 Å². The summed E-state index contributed by atoms with van der Waals surface area (Å²) in [5.41, 5.74) is 2.54. The first kappa shape index (κ1) is 21.6. The molecule has 1 aromatic heterocycles. The normalized spacial score (nSPS) is 14.7. The predicted molar refractivity (Wildman–Crippen MR) is 127 cm³/mol. The third-order valence-corrected chi connectivity index (χ3v) is 6.11. The molecule has 0 amide bonds. The van der Waals surface area contributed by atoms with Gasteiger partial charge in [0.1, 0.15) is 17.1 Å². The Labute approximate surface area is 184 Å². The van der Waals surface area contributed by atoms with Crippen molar-refractivity contribution in [2.45, 2.75) is 51.9 Å². The Kier molecular flexibility index (Phi) is 7.42. The maximum Gasteiger partial charge on any atom is 0.193 e. The van der Waals surface area contributed by atoms with E-state index in [4.69, 9.17) is 9.15 Å². The van der Waals surface area contributed by atoms with Gasteiger partial charge in [0.2, 0.25) is 0 Å². The molecule has 1 aliphatic rings. The highest BCUT2D eigenvalue weighted by molar-refractivity contribution is 5.79. The van der Waals surface area contributed by atoms with E-state index in [-0.39, 0.29) is 5.43 Å². The lowest BCUT2D eigenvalue weighted by Gasteiger charge is -2.26. The van der Waals surface area contributed by atoms with Crippen molar-refractivity contribution in [3.63, 3.8) is 0 Å². The second kappa shape index (κ2) is 10.6. The fourth-order valence-electron chi connectivity index (χ4n) is 4.29. The first-order chi connectivity index (χ1) is 15.2. The lowest BCUT2D eigenvalue weighted by Crippen LogP contribution is -2.30. The van der Waals surface area contributed by atoms with Crippen molar-refractivity contribution in [3.8, 4) is 17.1 Å². The summed E-state index contributed by atoms with van der Waals surface area (Å²) in [5, 5.41) is 0.625. The van der Waals surface area contributed by atoms with Crippen molar-refractivity contribution < 1.29 is 9.15 Å². The molecule has 0 unspecified atom stereocenters. The predicted octanol–water partition coefficient (Wildman–Crippen LogP) is 6.19. The molecule has 4 heteroatoms. The van der Waals surface area contributed by atoms with E-state index in [1.165, 1.54) is 58.2 Å². The number of aryl methyl sites for hydroxylation is 1. The average molecular weight is 420 g/mol. The zero-order valence-electron chi connectivity index (χ0n) is 18.6. The van der Waals surface area contributed by atoms with E-state index in [9.17, 15) is 4.79 Å². The van der Waals surface area contributed by atoms with Gasteiger partial charge in [0, 0.05) is 11.6 Å². The Bertz CT molecular complexity index is 1030. The summed E-state index contributed by atoms with van der Waals surface area (Å²) in [4.78, 5) is 15.1. The van der Waals surface area contributed by atoms with Crippen molar-refractivity contribution in [3.05, 3.63) is 64.3 Å². The van der Waals surface area contributed by atoms with Crippen molar-refractivity contribution >= 4 is 11.0 Å². The molecule has 3 aromatic rings. The molecule has 0 spiro atoms. The second-order valence-corrected chi connectivity index (χ2v) is 8.66. The molecule has 31 heavy (non-hydrogen) atoms. The van der Waals surface area contributed by atoms with Gasteiger partial charge in [-0.1, -0.05) is 30.9 Å². The minimum atomic E-state index is -0.0134. The highest BCUT2D eigenvalue weighted by Gasteiger charge is 2.09. The standard InChI is InChI=1S/C27H33NO3/c1-21-9-14-26-24(19-21)25(29)20-27(31-26)22-10-12-23(13-11-22)30-18-8-3-2-5-15-28-16-6-4-7-17-28/h9-14,19-20H,2-8,15-18H2,1H3. The zero-order valence-corrected chi connectivity index (χ0v) is 18.6. The molecule has 0 N–H and O–H groups in total. The molecule has 0 aliphatic carbocycles. The first-order valence-electron chi connectivity index (χ1n) is 11.7. The lowest BCUT2D eigenvalue weighted by atomic mass is 10.1. The van der Waals surface area contributed by atoms with Gasteiger partial charge in [-0.3, -0.25) is 4.79 Å². The summed E-state index contributed by atoms with van der Waals surface area (Å²) < 4.78 is 11.9. The topological polar surface area (TPSA) is 42.7 Å². The third-order valence-electron chi connectivity index (χ3n) is 6.11. The quantitative estimate of drug-likeness (QED) is 0.388. The number of likely N-dealkylation sites (tertiary alicyclic amines) is 1. The van der Waals surface area contributed by atoms with Crippen molar-refractivity contribution in [2.24, 2.45) is 0 Å². The molecule has 0 atom stereocenters. The largest absolute Gasteiger partial charge is 0.494 e. The van der Waals surface area contributed by atoms with Crippen LogP contribution in [0.2, 0.25) is 0 Å². The summed E-state index contributed by atoms with van der Waals surface area (Å²) in [6.45, 7) is 6.56. The van der Waals surface area contributed by atoms with E-state index in [0.717, 1.165) is 29.9 Å². The molecule has 0 radical (unpaired) electrons. The molecular weight excluding hydrogens is 386 g/mol. The Morgan fingerprint density at radius 2 is 1.68 bits per heavy atom. The van der Waals surface area contributed by atoms with Crippen LogP contribution in [0.4, 0.5) is 0 Å². The number of rotatable bonds is 9. The van der Waals surface area contributed by atoms with E-state index >= 15 is 0 Å². The van der Waals surface area contributed by atoms with Crippen LogP contribution in [0.25, 0.3) is 22.3 Å². The molecule has 1 aliphatic heterocycles. The number of nitrogens with zero attached hydrogens (tertiary/aromatic N) is 1. The summed E-state index contributed by atoms with van der Waals surface area (Å²) >= 11 is 0. The van der Waals surface area contributed by atoms with Gasteiger partial charge >= 0.3 is 0 Å². The highest BCUT2D eigenvalue weighted by atomic mass is 16.5. The Balaban J connectivity index is 1.23. The molecule has 0 saturated carbocycles. The van der Waals surface area contributed by atoms with Gasteiger partial charge in [0.05, 0.1) is 12.0 Å². The number of ether oxygens (including phenoxy) is 1. The maximum absolute atomic E-state index is 12.4. The van der Waals surface area contributed by atoms with E-state index in [1.54, 1.807) is 6.07 Å². The molecule has 1 saturated heterocycles. The van der Waals surface area contributed by atoms with E-state index in [1.807, 2.05) is 49.4 Å². The zero-order chi connectivity index (χ0) is 21.5. The Hall–Kier alpha value is -2.59. The highest BCUT2D eigenvalue weighted by Crippen LogP contribution is 2.25. The number of piperidine rings is 1.